The highest BCUT2D eigenvalue weighted by Crippen LogP contribution is 2.47. The van der Waals surface area contributed by atoms with Crippen LogP contribution in [0, 0.1) is 19.8 Å². The van der Waals surface area contributed by atoms with E-state index < -0.39 is 0 Å². The van der Waals surface area contributed by atoms with Crippen LogP contribution in [-0.4, -0.2) is 56.4 Å². The second kappa shape index (κ2) is 6.89. The van der Waals surface area contributed by atoms with Gasteiger partial charge in [0, 0.05) is 48.9 Å². The molecule has 0 amide bonds. The Morgan fingerprint density at radius 3 is 2.61 bits per heavy atom. The summed E-state index contributed by atoms with van der Waals surface area (Å²) in [5.74, 6) is 1.67. The summed E-state index contributed by atoms with van der Waals surface area (Å²) in [6.07, 6.45) is 2.66. The molecule has 1 aromatic heterocycles. The lowest BCUT2D eigenvalue weighted by Crippen LogP contribution is -2.60. The van der Waals surface area contributed by atoms with Crippen molar-refractivity contribution in [2.75, 3.05) is 19.6 Å². The molecule has 0 saturated carbocycles. The number of benzene rings is 1. The lowest BCUT2D eigenvalue weighted by atomic mass is 9.75. The van der Waals surface area contributed by atoms with Crippen LogP contribution in [0.15, 0.2) is 24.3 Å². The van der Waals surface area contributed by atoms with Gasteiger partial charge in [-0.15, -0.1) is 0 Å². The number of hydrogen-bond acceptors (Lipinski definition) is 4. The Kier molecular flexibility index (Phi) is 4.48. The number of aromatic hydroxyl groups is 1. The molecule has 0 spiro atoms. The number of aromatic nitrogens is 2. The summed E-state index contributed by atoms with van der Waals surface area (Å²) in [6, 6.07) is 9.18. The Morgan fingerprint density at radius 2 is 1.93 bits per heavy atom. The van der Waals surface area contributed by atoms with E-state index in [0.29, 0.717) is 23.8 Å². The van der Waals surface area contributed by atoms with Gasteiger partial charge in [0.15, 0.2) is 0 Å². The molecule has 1 aromatic carbocycles. The second-order valence-electron chi connectivity index (χ2n) is 8.95. The standard InChI is InChI=1S/C23H32N4O/c1-4-27-16(3)20(15(2)24-27)13-26-14-21(18-6-5-7-19(28)12-18)23-22(26)17-8-10-25(23)11-9-17/h5-7,12,17,21-23,28H,4,8-11,13-14H2,1-3H3/t21-,22+,23+/m0/s1. The largest absolute Gasteiger partial charge is 0.508 e. The van der Waals surface area contributed by atoms with Crippen LogP contribution in [0.4, 0.5) is 0 Å². The molecule has 4 fully saturated rings. The molecule has 4 aliphatic heterocycles. The van der Waals surface area contributed by atoms with Crippen LogP contribution in [0.1, 0.15) is 48.2 Å². The monoisotopic (exact) mass is 380 g/mol. The van der Waals surface area contributed by atoms with Crippen LogP contribution in [-0.2, 0) is 13.1 Å². The highest BCUT2D eigenvalue weighted by molar-refractivity contribution is 5.34. The summed E-state index contributed by atoms with van der Waals surface area (Å²) < 4.78 is 2.14. The number of piperidine rings is 3. The first kappa shape index (κ1) is 18.2. The molecule has 5 heterocycles. The van der Waals surface area contributed by atoms with Gasteiger partial charge >= 0.3 is 0 Å². The van der Waals surface area contributed by atoms with E-state index in [-0.39, 0.29) is 0 Å². The lowest BCUT2D eigenvalue weighted by Gasteiger charge is -2.51. The molecule has 5 nitrogen and oxygen atoms in total. The minimum atomic E-state index is 0.388. The molecule has 0 unspecified atom stereocenters. The van der Waals surface area contributed by atoms with Crippen LogP contribution in [0.3, 0.4) is 0 Å². The summed E-state index contributed by atoms with van der Waals surface area (Å²) in [6.45, 7) is 12.0. The highest BCUT2D eigenvalue weighted by atomic mass is 16.3. The summed E-state index contributed by atoms with van der Waals surface area (Å²) >= 11 is 0. The number of phenolic OH excluding ortho intramolecular Hbond substituents is 1. The Labute approximate surface area is 168 Å². The number of likely N-dealkylation sites (tertiary alicyclic amines) is 1. The van der Waals surface area contributed by atoms with Crippen molar-refractivity contribution in [3.8, 4) is 5.75 Å². The fourth-order valence-corrected chi connectivity index (χ4v) is 6.24. The van der Waals surface area contributed by atoms with E-state index in [1.807, 2.05) is 12.1 Å². The van der Waals surface area contributed by atoms with Crippen LogP contribution in [0.2, 0.25) is 0 Å². The minimum absolute atomic E-state index is 0.388. The molecule has 4 saturated heterocycles. The summed E-state index contributed by atoms with van der Waals surface area (Å²) in [7, 11) is 0. The van der Waals surface area contributed by atoms with E-state index in [4.69, 9.17) is 5.10 Å². The Bertz CT molecular complexity index is 867. The van der Waals surface area contributed by atoms with Crippen molar-refractivity contribution in [3.05, 3.63) is 46.8 Å². The van der Waals surface area contributed by atoms with E-state index in [2.05, 4.69) is 41.3 Å². The van der Waals surface area contributed by atoms with E-state index >= 15 is 0 Å². The molecule has 1 N–H and O–H groups in total. The molecule has 2 aromatic rings. The van der Waals surface area contributed by atoms with E-state index in [1.54, 1.807) is 6.07 Å². The summed E-state index contributed by atoms with van der Waals surface area (Å²) in [5.41, 5.74) is 5.20. The third kappa shape index (κ3) is 2.79. The Balaban J connectivity index is 1.49. The number of aryl methyl sites for hydroxylation is 2. The van der Waals surface area contributed by atoms with Crippen molar-refractivity contribution in [1.82, 2.24) is 19.6 Å². The molecule has 5 heteroatoms. The van der Waals surface area contributed by atoms with Gasteiger partial charge in [0.05, 0.1) is 5.69 Å². The number of phenols is 1. The fourth-order valence-electron chi connectivity index (χ4n) is 6.24. The van der Waals surface area contributed by atoms with Gasteiger partial charge < -0.3 is 5.11 Å². The van der Waals surface area contributed by atoms with Gasteiger partial charge in [-0.3, -0.25) is 14.5 Å². The van der Waals surface area contributed by atoms with Crippen molar-refractivity contribution in [2.45, 2.75) is 64.7 Å². The zero-order valence-electron chi connectivity index (χ0n) is 17.3. The number of hydrogen-bond donors (Lipinski definition) is 1. The van der Waals surface area contributed by atoms with E-state index in [9.17, 15) is 5.11 Å². The molecular weight excluding hydrogens is 348 g/mol. The number of nitrogens with zero attached hydrogens (tertiary/aromatic N) is 4. The van der Waals surface area contributed by atoms with Gasteiger partial charge in [0.1, 0.15) is 5.75 Å². The molecular formula is C23H32N4O. The fraction of sp³-hybridized carbons (Fsp3) is 0.609. The molecule has 150 valence electrons. The number of rotatable bonds is 4. The van der Waals surface area contributed by atoms with E-state index in [0.717, 1.165) is 25.6 Å². The minimum Gasteiger partial charge on any atom is -0.508 e. The molecule has 0 aliphatic carbocycles. The smallest absolute Gasteiger partial charge is 0.115 e. The zero-order chi connectivity index (χ0) is 19.4. The van der Waals surface area contributed by atoms with Crippen LogP contribution < -0.4 is 0 Å². The topological polar surface area (TPSA) is 44.5 Å². The first-order valence-electron chi connectivity index (χ1n) is 10.9. The van der Waals surface area contributed by atoms with Gasteiger partial charge in [-0.25, -0.2) is 0 Å². The molecule has 2 bridgehead atoms. The quantitative estimate of drug-likeness (QED) is 0.884. The van der Waals surface area contributed by atoms with Crippen molar-refractivity contribution in [3.63, 3.8) is 0 Å². The average molecular weight is 381 g/mol. The van der Waals surface area contributed by atoms with Crippen LogP contribution in [0.25, 0.3) is 0 Å². The molecule has 3 atom stereocenters. The third-order valence-corrected chi connectivity index (χ3v) is 7.58. The van der Waals surface area contributed by atoms with Gasteiger partial charge in [-0.1, -0.05) is 12.1 Å². The SMILES string of the molecule is CCn1nc(C)c(CN2C[C@@H](c3cccc(O)c3)[C@@H]3[C@H]2C2CCN3CC2)c1C. The molecule has 6 rings (SSSR count). The molecule has 4 aliphatic rings. The van der Waals surface area contributed by atoms with Crippen molar-refractivity contribution >= 4 is 0 Å². The van der Waals surface area contributed by atoms with Gasteiger partial charge in [0.25, 0.3) is 0 Å². The highest BCUT2D eigenvalue weighted by Gasteiger charge is 2.53. The third-order valence-electron chi connectivity index (χ3n) is 7.58. The predicted molar refractivity (Wildman–Crippen MR) is 111 cm³/mol. The van der Waals surface area contributed by atoms with Crippen LogP contribution in [0.5, 0.6) is 5.75 Å². The van der Waals surface area contributed by atoms with Gasteiger partial charge in [-0.2, -0.15) is 5.10 Å². The maximum absolute atomic E-state index is 10.1. The van der Waals surface area contributed by atoms with Crippen LogP contribution >= 0.6 is 0 Å². The maximum atomic E-state index is 10.1. The van der Waals surface area contributed by atoms with Gasteiger partial charge in [0.2, 0.25) is 0 Å². The first-order valence-corrected chi connectivity index (χ1v) is 10.9. The van der Waals surface area contributed by atoms with Crippen molar-refractivity contribution in [1.29, 1.82) is 0 Å². The Morgan fingerprint density at radius 1 is 1.14 bits per heavy atom. The molecule has 28 heavy (non-hydrogen) atoms. The predicted octanol–water partition coefficient (Wildman–Crippen LogP) is 3.29. The zero-order valence-corrected chi connectivity index (χ0v) is 17.3. The maximum Gasteiger partial charge on any atom is 0.115 e. The van der Waals surface area contributed by atoms with Gasteiger partial charge in [-0.05, 0) is 70.3 Å². The van der Waals surface area contributed by atoms with Crippen molar-refractivity contribution < 1.29 is 5.11 Å². The summed E-state index contributed by atoms with van der Waals surface area (Å²) in [5, 5.41) is 14.8. The lowest BCUT2D eigenvalue weighted by molar-refractivity contribution is -0.00878. The second-order valence-corrected chi connectivity index (χ2v) is 8.95. The number of fused-ring (bicyclic) bond motifs is 2. The van der Waals surface area contributed by atoms with Crippen molar-refractivity contribution in [2.24, 2.45) is 5.92 Å². The molecule has 0 radical (unpaired) electrons. The average Bonchev–Trinajstić information content (AvgIpc) is 3.23. The first-order chi connectivity index (χ1) is 13.6. The van der Waals surface area contributed by atoms with E-state index in [1.165, 1.54) is 48.4 Å². The Hall–Kier alpha value is -1.85. The normalized spacial score (nSPS) is 32.0. The summed E-state index contributed by atoms with van der Waals surface area (Å²) in [4.78, 5) is 5.47.